The third-order valence-corrected chi connectivity index (χ3v) is 4.40. The van der Waals surface area contributed by atoms with E-state index in [2.05, 4.69) is 21.8 Å². The third kappa shape index (κ3) is 6.02. The molecule has 2 rings (SSSR count). The molecule has 0 unspecified atom stereocenters. The molecule has 6 heteroatoms. The topological polar surface area (TPSA) is 46.1 Å². The van der Waals surface area contributed by atoms with Crippen molar-refractivity contribution in [3.05, 3.63) is 41.7 Å². The van der Waals surface area contributed by atoms with Crippen LogP contribution >= 0.6 is 0 Å². The number of unbranched alkanes of at least 4 members (excludes halogenated alkanes) is 3. The summed E-state index contributed by atoms with van der Waals surface area (Å²) in [6.07, 6.45) is 7.18. The molecule has 0 amide bonds. The van der Waals surface area contributed by atoms with Crippen LogP contribution in [0.3, 0.4) is 0 Å². The maximum atomic E-state index is 13.8. The molecule has 0 spiro atoms. The molecular weight excluding hydrogens is 333 g/mol. The highest BCUT2D eigenvalue weighted by molar-refractivity contribution is 5.79. The smallest absolute Gasteiger partial charge is 0.193 e. The number of fused-ring (bicyclic) bond motifs is 1. The molecule has 0 aliphatic carbocycles. The van der Waals surface area contributed by atoms with Crippen molar-refractivity contribution < 1.29 is 13.9 Å². The molecule has 0 aromatic heterocycles. The van der Waals surface area contributed by atoms with Crippen molar-refractivity contribution in [2.75, 3.05) is 34.0 Å². The minimum Gasteiger partial charge on any atom is -0.467 e. The van der Waals surface area contributed by atoms with Crippen molar-refractivity contribution in [3.63, 3.8) is 0 Å². The van der Waals surface area contributed by atoms with Gasteiger partial charge in [0.2, 0.25) is 0 Å². The van der Waals surface area contributed by atoms with Gasteiger partial charge in [0.15, 0.2) is 12.8 Å². The first kappa shape index (κ1) is 20.2. The molecule has 1 aromatic rings. The number of ether oxygens (including phenoxy) is 2. The van der Waals surface area contributed by atoms with Gasteiger partial charge in [0, 0.05) is 32.7 Å². The Balaban J connectivity index is 1.82. The lowest BCUT2D eigenvalue weighted by Crippen LogP contribution is -2.40. The molecule has 1 aliphatic rings. The molecule has 0 radical (unpaired) electrons. The summed E-state index contributed by atoms with van der Waals surface area (Å²) in [6, 6.07) is 3.02. The highest BCUT2D eigenvalue weighted by Crippen LogP contribution is 2.29. The second-order valence-corrected chi connectivity index (χ2v) is 6.45. The first-order chi connectivity index (χ1) is 12.7. The average Bonchev–Trinajstić information content (AvgIpc) is 2.64. The van der Waals surface area contributed by atoms with Gasteiger partial charge in [-0.15, -0.1) is 6.58 Å². The average molecular weight is 363 g/mol. The molecule has 1 heterocycles. The predicted molar refractivity (Wildman–Crippen MR) is 103 cm³/mol. The summed E-state index contributed by atoms with van der Waals surface area (Å²) >= 11 is 0. The van der Waals surface area contributed by atoms with Gasteiger partial charge in [-0.25, -0.2) is 4.39 Å². The van der Waals surface area contributed by atoms with Crippen LogP contribution in [0, 0.1) is 5.82 Å². The Kier molecular flexibility index (Phi) is 8.41. The molecule has 26 heavy (non-hydrogen) atoms. The molecule has 1 N–H and O–H groups in total. The van der Waals surface area contributed by atoms with E-state index in [1.165, 1.54) is 25.0 Å². The first-order valence-electron chi connectivity index (χ1n) is 9.20. The zero-order valence-corrected chi connectivity index (χ0v) is 15.9. The number of allylic oxidation sites excluding steroid dienone is 1. The van der Waals surface area contributed by atoms with Crippen LogP contribution in [0.5, 0.6) is 5.75 Å². The molecular formula is C20H30FN3O2. The Bertz CT molecular complexity index is 619. The molecule has 1 aliphatic heterocycles. The largest absolute Gasteiger partial charge is 0.467 e. The highest BCUT2D eigenvalue weighted by atomic mass is 19.1. The fraction of sp³-hybridized carbons (Fsp3) is 0.550. The fourth-order valence-corrected chi connectivity index (χ4v) is 3.06. The standard InChI is InChI=1S/C20H30FN3O2/c1-4-5-6-7-8-11-24(3)20(22-2)23-10-9-16-12-18(21)13-17-14-25-15-26-19(16)17/h4,12-13H,1,5-11,14-15H2,2-3H3,(H,22,23). The van der Waals surface area contributed by atoms with E-state index in [1.54, 1.807) is 7.05 Å². The summed E-state index contributed by atoms with van der Waals surface area (Å²) in [6.45, 7) is 5.97. The lowest BCUT2D eigenvalue weighted by molar-refractivity contribution is -0.0172. The van der Waals surface area contributed by atoms with Crippen LogP contribution in [0.4, 0.5) is 4.39 Å². The van der Waals surface area contributed by atoms with Crippen LogP contribution in [-0.2, 0) is 17.8 Å². The lowest BCUT2D eigenvalue weighted by atomic mass is 10.1. The van der Waals surface area contributed by atoms with E-state index < -0.39 is 0 Å². The summed E-state index contributed by atoms with van der Waals surface area (Å²) in [5.41, 5.74) is 1.63. The highest BCUT2D eigenvalue weighted by Gasteiger charge is 2.17. The second-order valence-electron chi connectivity index (χ2n) is 6.45. The third-order valence-electron chi connectivity index (χ3n) is 4.40. The number of rotatable bonds is 9. The van der Waals surface area contributed by atoms with Crippen LogP contribution in [0.1, 0.15) is 36.8 Å². The van der Waals surface area contributed by atoms with Crippen molar-refractivity contribution in [1.29, 1.82) is 0 Å². The van der Waals surface area contributed by atoms with E-state index in [0.717, 1.165) is 42.2 Å². The van der Waals surface area contributed by atoms with Gasteiger partial charge in [0.25, 0.3) is 0 Å². The zero-order chi connectivity index (χ0) is 18.8. The zero-order valence-electron chi connectivity index (χ0n) is 15.9. The molecule has 0 atom stereocenters. The van der Waals surface area contributed by atoms with Gasteiger partial charge in [-0.05, 0) is 43.4 Å². The minimum absolute atomic E-state index is 0.218. The number of nitrogens with zero attached hydrogens (tertiary/aromatic N) is 2. The molecule has 1 aromatic carbocycles. The van der Waals surface area contributed by atoms with E-state index in [1.807, 2.05) is 13.1 Å². The van der Waals surface area contributed by atoms with Gasteiger partial charge >= 0.3 is 0 Å². The van der Waals surface area contributed by atoms with Crippen LogP contribution in [-0.4, -0.2) is 44.8 Å². The van der Waals surface area contributed by atoms with E-state index in [9.17, 15) is 4.39 Å². The second kappa shape index (κ2) is 10.8. The van der Waals surface area contributed by atoms with E-state index in [-0.39, 0.29) is 12.6 Å². The predicted octanol–water partition coefficient (Wildman–Crippen LogP) is 3.49. The normalized spacial score (nSPS) is 13.7. The molecule has 5 nitrogen and oxygen atoms in total. The molecule has 0 saturated heterocycles. The van der Waals surface area contributed by atoms with Gasteiger partial charge in [0.05, 0.1) is 6.61 Å². The summed E-state index contributed by atoms with van der Waals surface area (Å²) in [5, 5.41) is 3.35. The number of guanidine groups is 1. The van der Waals surface area contributed by atoms with Crippen LogP contribution in [0.25, 0.3) is 0 Å². The van der Waals surface area contributed by atoms with Crippen LogP contribution < -0.4 is 10.1 Å². The summed E-state index contributed by atoms with van der Waals surface area (Å²) in [4.78, 5) is 6.45. The fourth-order valence-electron chi connectivity index (χ4n) is 3.06. The Morgan fingerprint density at radius 3 is 3.00 bits per heavy atom. The maximum absolute atomic E-state index is 13.8. The lowest BCUT2D eigenvalue weighted by Gasteiger charge is -2.23. The van der Waals surface area contributed by atoms with Gasteiger partial charge in [-0.3, -0.25) is 4.99 Å². The van der Waals surface area contributed by atoms with Gasteiger partial charge < -0.3 is 19.7 Å². The number of hydrogen-bond acceptors (Lipinski definition) is 3. The molecule has 0 bridgehead atoms. The van der Waals surface area contributed by atoms with E-state index in [4.69, 9.17) is 9.47 Å². The van der Waals surface area contributed by atoms with Gasteiger partial charge in [0.1, 0.15) is 11.6 Å². The minimum atomic E-state index is -0.256. The molecule has 0 fully saturated rings. The Labute approximate surface area is 155 Å². The number of aliphatic imine (C=N–C) groups is 1. The van der Waals surface area contributed by atoms with Crippen LogP contribution in [0.15, 0.2) is 29.8 Å². The summed E-state index contributed by atoms with van der Waals surface area (Å²) in [7, 11) is 3.81. The Hall–Kier alpha value is -2.08. The number of halogens is 1. The monoisotopic (exact) mass is 363 g/mol. The van der Waals surface area contributed by atoms with Crippen LogP contribution in [0.2, 0.25) is 0 Å². The van der Waals surface area contributed by atoms with E-state index >= 15 is 0 Å². The van der Waals surface area contributed by atoms with Crippen molar-refractivity contribution in [2.45, 2.75) is 38.7 Å². The number of nitrogens with one attached hydrogen (secondary N) is 1. The molecule has 0 saturated carbocycles. The molecule has 144 valence electrons. The quantitative estimate of drug-likeness (QED) is 0.316. The van der Waals surface area contributed by atoms with Crippen molar-refractivity contribution in [3.8, 4) is 5.75 Å². The van der Waals surface area contributed by atoms with Gasteiger partial charge in [-0.2, -0.15) is 0 Å². The van der Waals surface area contributed by atoms with Gasteiger partial charge in [-0.1, -0.05) is 12.5 Å². The Morgan fingerprint density at radius 1 is 1.38 bits per heavy atom. The number of benzene rings is 1. The first-order valence-corrected chi connectivity index (χ1v) is 9.20. The SMILES string of the molecule is C=CCCCCCN(C)C(=NC)NCCc1cc(F)cc2c1OCOC2. The summed E-state index contributed by atoms with van der Waals surface area (Å²) in [5.74, 6) is 1.35. The van der Waals surface area contributed by atoms with Crippen molar-refractivity contribution in [2.24, 2.45) is 4.99 Å². The number of hydrogen-bond donors (Lipinski definition) is 1. The van der Waals surface area contributed by atoms with E-state index in [0.29, 0.717) is 19.6 Å². The maximum Gasteiger partial charge on any atom is 0.193 e. The van der Waals surface area contributed by atoms with Crippen molar-refractivity contribution >= 4 is 5.96 Å². The van der Waals surface area contributed by atoms with Crippen molar-refractivity contribution in [1.82, 2.24) is 10.2 Å². The summed E-state index contributed by atoms with van der Waals surface area (Å²) < 4.78 is 24.6. The Morgan fingerprint density at radius 2 is 2.23 bits per heavy atom.